The Hall–Kier alpha value is -3.28. The lowest BCUT2D eigenvalue weighted by Gasteiger charge is -2.07. The van der Waals surface area contributed by atoms with Crippen LogP contribution >= 0.6 is 0 Å². The first-order valence-electron chi connectivity index (χ1n) is 6.96. The minimum atomic E-state index is -0.591. The number of carbonyl (C=O) groups excluding carboxylic acids is 2. The van der Waals surface area contributed by atoms with Crippen LogP contribution in [0.25, 0.3) is 10.9 Å². The number of para-hydroxylation sites is 1. The fourth-order valence-electron chi connectivity index (χ4n) is 2.28. The second-order valence-corrected chi connectivity index (χ2v) is 5.03. The number of nitrogens with one attached hydrogen (secondary N) is 2. The molecule has 2 N–H and O–H groups in total. The quantitative estimate of drug-likeness (QED) is 0.727. The number of H-pyrrole nitrogens is 1. The van der Waals surface area contributed by atoms with Crippen molar-refractivity contribution >= 4 is 28.3 Å². The van der Waals surface area contributed by atoms with Crippen LogP contribution in [0, 0.1) is 0 Å². The molecule has 0 spiro atoms. The summed E-state index contributed by atoms with van der Waals surface area (Å²) in [7, 11) is 0. The van der Waals surface area contributed by atoms with Crippen molar-refractivity contribution < 1.29 is 9.59 Å². The summed E-state index contributed by atoms with van der Waals surface area (Å²) in [6.45, 7) is 1.45. The summed E-state index contributed by atoms with van der Waals surface area (Å²) < 4.78 is 0. The van der Waals surface area contributed by atoms with Crippen LogP contribution in [-0.4, -0.2) is 21.7 Å². The Kier molecular flexibility index (Phi) is 3.72. The van der Waals surface area contributed by atoms with E-state index < -0.39 is 11.6 Å². The van der Waals surface area contributed by atoms with E-state index >= 15 is 0 Å². The van der Waals surface area contributed by atoms with Gasteiger partial charge in [-0.25, -0.2) is 4.79 Å². The van der Waals surface area contributed by atoms with E-state index in [1.807, 2.05) is 0 Å². The monoisotopic (exact) mass is 307 g/mol. The van der Waals surface area contributed by atoms with Gasteiger partial charge in [0.15, 0.2) is 5.78 Å². The van der Waals surface area contributed by atoms with E-state index in [9.17, 15) is 14.4 Å². The summed E-state index contributed by atoms with van der Waals surface area (Å²) in [5.74, 6) is -0.603. The average Bonchev–Trinajstić information content (AvgIpc) is 2.54. The maximum Gasteiger partial charge on any atom is 0.346 e. The maximum absolute atomic E-state index is 12.5. The van der Waals surface area contributed by atoms with Gasteiger partial charge in [-0.2, -0.15) is 4.98 Å². The molecule has 0 saturated heterocycles. The largest absolute Gasteiger partial charge is 0.346 e. The highest BCUT2D eigenvalue weighted by Gasteiger charge is 2.14. The molecular formula is C17H13N3O3. The third kappa shape index (κ3) is 3.01. The first kappa shape index (κ1) is 14.6. The number of amides is 1. The molecule has 1 heterocycles. The topological polar surface area (TPSA) is 91.9 Å². The molecule has 2 aromatic carbocycles. The number of anilines is 1. The zero-order chi connectivity index (χ0) is 16.4. The van der Waals surface area contributed by atoms with E-state index in [0.717, 1.165) is 0 Å². The van der Waals surface area contributed by atoms with Gasteiger partial charge in [-0.15, -0.1) is 0 Å². The number of Topliss-reactive ketones (excluding diaryl/α,β-unsaturated/α-hetero) is 1. The van der Waals surface area contributed by atoms with E-state index in [4.69, 9.17) is 0 Å². The van der Waals surface area contributed by atoms with Crippen molar-refractivity contribution in [1.82, 2.24) is 9.97 Å². The summed E-state index contributed by atoms with van der Waals surface area (Å²) in [5.41, 5.74) is 0.944. The molecule has 114 valence electrons. The lowest BCUT2D eigenvalue weighted by atomic mass is 10.1. The lowest BCUT2D eigenvalue weighted by Crippen LogP contribution is -2.21. The molecule has 6 nitrogen and oxygen atoms in total. The molecule has 6 heteroatoms. The van der Waals surface area contributed by atoms with Crippen molar-refractivity contribution in [1.29, 1.82) is 0 Å². The predicted octanol–water partition coefficient (Wildman–Crippen LogP) is 2.38. The number of nitrogens with zero attached hydrogens (tertiary/aromatic N) is 1. The number of hydrogen-bond acceptors (Lipinski definition) is 4. The van der Waals surface area contributed by atoms with Crippen molar-refractivity contribution in [2.75, 3.05) is 5.32 Å². The summed E-state index contributed by atoms with van der Waals surface area (Å²) in [4.78, 5) is 41.8. The highest BCUT2D eigenvalue weighted by molar-refractivity contribution is 6.11. The Morgan fingerprint density at radius 3 is 2.65 bits per heavy atom. The van der Waals surface area contributed by atoms with E-state index in [1.54, 1.807) is 48.5 Å². The number of ketones is 1. The van der Waals surface area contributed by atoms with Crippen LogP contribution in [0.2, 0.25) is 0 Å². The molecule has 0 saturated carbocycles. The summed E-state index contributed by atoms with van der Waals surface area (Å²) in [6.07, 6.45) is 0. The van der Waals surface area contributed by atoms with Crippen LogP contribution in [0.5, 0.6) is 0 Å². The normalized spacial score (nSPS) is 10.5. The van der Waals surface area contributed by atoms with Crippen LogP contribution in [0.4, 0.5) is 5.69 Å². The Morgan fingerprint density at radius 2 is 1.87 bits per heavy atom. The third-order valence-electron chi connectivity index (χ3n) is 3.38. The molecular weight excluding hydrogens is 294 g/mol. The van der Waals surface area contributed by atoms with E-state index in [-0.39, 0.29) is 11.5 Å². The summed E-state index contributed by atoms with van der Waals surface area (Å²) in [5, 5.41) is 3.21. The maximum atomic E-state index is 12.5. The Balaban J connectivity index is 2.00. The van der Waals surface area contributed by atoms with Crippen molar-refractivity contribution in [2.24, 2.45) is 0 Å². The number of rotatable bonds is 3. The second kappa shape index (κ2) is 5.84. The molecule has 0 aliphatic carbocycles. The Bertz CT molecular complexity index is 976. The van der Waals surface area contributed by atoms with E-state index in [1.165, 1.54) is 6.92 Å². The first-order chi connectivity index (χ1) is 11.0. The molecule has 3 aromatic rings. The average molecular weight is 307 g/mol. The zero-order valence-electron chi connectivity index (χ0n) is 12.3. The van der Waals surface area contributed by atoms with Gasteiger partial charge in [-0.1, -0.05) is 30.3 Å². The Labute approximate surface area is 131 Å². The van der Waals surface area contributed by atoms with Crippen molar-refractivity contribution in [3.8, 4) is 0 Å². The predicted molar refractivity (Wildman–Crippen MR) is 86.8 cm³/mol. The van der Waals surface area contributed by atoms with Crippen LogP contribution in [-0.2, 0) is 0 Å². The van der Waals surface area contributed by atoms with Crippen molar-refractivity contribution in [3.63, 3.8) is 0 Å². The molecule has 0 radical (unpaired) electrons. The zero-order valence-corrected chi connectivity index (χ0v) is 12.3. The van der Waals surface area contributed by atoms with Gasteiger partial charge in [-0.05, 0) is 25.1 Å². The summed E-state index contributed by atoms with van der Waals surface area (Å²) in [6, 6.07) is 13.5. The smallest absolute Gasteiger partial charge is 0.321 e. The fraction of sp³-hybridized carbons (Fsp3) is 0.0588. The van der Waals surface area contributed by atoms with Crippen LogP contribution in [0.15, 0.2) is 53.3 Å². The van der Waals surface area contributed by atoms with Gasteiger partial charge in [0.1, 0.15) is 5.69 Å². The van der Waals surface area contributed by atoms with Gasteiger partial charge in [0, 0.05) is 16.6 Å². The summed E-state index contributed by atoms with van der Waals surface area (Å²) >= 11 is 0. The van der Waals surface area contributed by atoms with E-state index in [0.29, 0.717) is 22.2 Å². The van der Waals surface area contributed by atoms with Crippen LogP contribution in [0.3, 0.4) is 0 Å². The number of aromatic amines is 1. The lowest BCUT2D eigenvalue weighted by molar-refractivity contribution is 0.101. The standard InChI is InChI=1S/C17H13N3O3/c1-10(21)11-5-4-6-12(9-11)18-16(22)15-13-7-2-3-8-14(13)19-17(23)20-15/h2-9H,1H3,(H,18,22)(H,19,20,23). The third-order valence-corrected chi connectivity index (χ3v) is 3.38. The van der Waals surface area contributed by atoms with Gasteiger partial charge in [-0.3, -0.25) is 9.59 Å². The molecule has 23 heavy (non-hydrogen) atoms. The van der Waals surface area contributed by atoms with E-state index in [2.05, 4.69) is 15.3 Å². The van der Waals surface area contributed by atoms with Gasteiger partial charge in [0.2, 0.25) is 0 Å². The van der Waals surface area contributed by atoms with Crippen molar-refractivity contribution in [2.45, 2.75) is 6.92 Å². The van der Waals surface area contributed by atoms with Gasteiger partial charge >= 0.3 is 5.69 Å². The molecule has 0 aliphatic heterocycles. The highest BCUT2D eigenvalue weighted by Crippen LogP contribution is 2.16. The number of benzene rings is 2. The van der Waals surface area contributed by atoms with Gasteiger partial charge < -0.3 is 10.3 Å². The first-order valence-corrected chi connectivity index (χ1v) is 6.96. The fourth-order valence-corrected chi connectivity index (χ4v) is 2.28. The molecule has 0 unspecified atom stereocenters. The van der Waals surface area contributed by atoms with Crippen LogP contribution in [0.1, 0.15) is 27.8 Å². The molecule has 1 amide bonds. The SMILES string of the molecule is CC(=O)c1cccc(NC(=O)c2nc(=O)[nH]c3ccccc23)c1. The Morgan fingerprint density at radius 1 is 1.09 bits per heavy atom. The minimum Gasteiger partial charge on any atom is -0.321 e. The van der Waals surface area contributed by atoms with Gasteiger partial charge in [0.05, 0.1) is 5.52 Å². The molecule has 0 bridgehead atoms. The van der Waals surface area contributed by atoms with Crippen LogP contribution < -0.4 is 11.0 Å². The number of hydrogen-bond donors (Lipinski definition) is 2. The molecule has 1 aromatic heterocycles. The minimum absolute atomic E-state index is 0.0394. The molecule has 3 rings (SSSR count). The molecule has 0 atom stereocenters. The number of carbonyl (C=O) groups is 2. The second-order valence-electron chi connectivity index (χ2n) is 5.03. The number of fused-ring (bicyclic) bond motifs is 1. The van der Waals surface area contributed by atoms with Gasteiger partial charge in [0.25, 0.3) is 5.91 Å². The number of aromatic nitrogens is 2. The molecule has 0 aliphatic rings. The van der Waals surface area contributed by atoms with Crippen molar-refractivity contribution in [3.05, 3.63) is 70.3 Å². The molecule has 0 fully saturated rings. The highest BCUT2D eigenvalue weighted by atomic mass is 16.2.